The normalized spacial score (nSPS) is 17.1. The molecule has 1 aliphatic heterocycles. The van der Waals surface area contributed by atoms with E-state index in [0.29, 0.717) is 18.9 Å². The number of piperidine rings is 1. The van der Waals surface area contributed by atoms with Crippen molar-refractivity contribution in [1.29, 1.82) is 0 Å². The fourth-order valence-corrected chi connectivity index (χ4v) is 2.16. The van der Waals surface area contributed by atoms with E-state index < -0.39 is 0 Å². The van der Waals surface area contributed by atoms with Crippen LogP contribution in [0.25, 0.3) is 0 Å². The largest absolute Gasteiger partial charge is 0.339 e. The highest BCUT2D eigenvalue weighted by Gasteiger charge is 2.19. The highest BCUT2D eigenvalue weighted by atomic mass is 16.2. The average molecular weight is 224 g/mol. The van der Waals surface area contributed by atoms with E-state index in [9.17, 15) is 4.79 Å². The van der Waals surface area contributed by atoms with Gasteiger partial charge in [0, 0.05) is 19.5 Å². The number of hydrogen-bond acceptors (Lipinski definition) is 2. The van der Waals surface area contributed by atoms with Gasteiger partial charge in [-0.15, -0.1) is 0 Å². The number of likely N-dealkylation sites (N-methyl/N-ethyl adjacent to an activating group) is 1. The lowest BCUT2D eigenvalue weighted by molar-refractivity contribution is -0.131. The minimum atomic E-state index is 0.289. The number of nitrogens with one attached hydrogen (secondary N) is 1. The van der Waals surface area contributed by atoms with Crippen LogP contribution in [0.3, 0.4) is 0 Å². The molecule has 0 aromatic heterocycles. The molecule has 0 aromatic carbocycles. The van der Waals surface area contributed by atoms with E-state index in [2.05, 4.69) is 11.9 Å². The molecule has 1 rings (SSSR count). The number of amides is 1. The van der Waals surface area contributed by atoms with Gasteiger partial charge in [-0.3, -0.25) is 4.79 Å². The Balaban J connectivity index is 2.38. The smallest absolute Gasteiger partial charge is 0.223 e. The standard InChI is InChI=1S/C13H24N2O/c1-4-15(10-11(2)3)13(16)9-12-5-7-14-8-6-12/h12,14H,2,4-10H2,1,3H3. The summed E-state index contributed by atoms with van der Waals surface area (Å²) in [6, 6.07) is 0. The van der Waals surface area contributed by atoms with E-state index >= 15 is 0 Å². The zero-order chi connectivity index (χ0) is 12.0. The van der Waals surface area contributed by atoms with Crippen molar-refractivity contribution in [3.8, 4) is 0 Å². The number of carbonyl (C=O) groups is 1. The molecule has 0 aliphatic carbocycles. The van der Waals surface area contributed by atoms with Gasteiger partial charge in [-0.1, -0.05) is 12.2 Å². The van der Waals surface area contributed by atoms with E-state index in [1.807, 2.05) is 18.7 Å². The Kier molecular flexibility index (Phi) is 5.53. The second-order valence-electron chi connectivity index (χ2n) is 4.76. The van der Waals surface area contributed by atoms with Crippen molar-refractivity contribution in [2.45, 2.75) is 33.1 Å². The Hall–Kier alpha value is -0.830. The lowest BCUT2D eigenvalue weighted by atomic mass is 9.94. The Bertz CT molecular complexity index is 244. The number of carbonyl (C=O) groups excluding carboxylic acids is 1. The molecule has 16 heavy (non-hydrogen) atoms. The fraction of sp³-hybridized carbons (Fsp3) is 0.769. The summed E-state index contributed by atoms with van der Waals surface area (Å²) in [5, 5.41) is 3.32. The van der Waals surface area contributed by atoms with Crippen LogP contribution in [0.5, 0.6) is 0 Å². The van der Waals surface area contributed by atoms with Gasteiger partial charge in [0.25, 0.3) is 0 Å². The van der Waals surface area contributed by atoms with Crippen molar-refractivity contribution in [2.75, 3.05) is 26.2 Å². The molecule has 92 valence electrons. The fourth-order valence-electron chi connectivity index (χ4n) is 2.16. The van der Waals surface area contributed by atoms with Crippen molar-refractivity contribution in [1.82, 2.24) is 10.2 Å². The van der Waals surface area contributed by atoms with Crippen LogP contribution in [0.15, 0.2) is 12.2 Å². The summed E-state index contributed by atoms with van der Waals surface area (Å²) < 4.78 is 0. The number of hydrogen-bond donors (Lipinski definition) is 1. The molecule has 0 aromatic rings. The molecular formula is C13H24N2O. The highest BCUT2D eigenvalue weighted by molar-refractivity contribution is 5.76. The van der Waals surface area contributed by atoms with Gasteiger partial charge in [0.15, 0.2) is 0 Å². The van der Waals surface area contributed by atoms with Gasteiger partial charge in [-0.25, -0.2) is 0 Å². The van der Waals surface area contributed by atoms with Crippen LogP contribution < -0.4 is 5.32 Å². The molecule has 0 atom stereocenters. The van der Waals surface area contributed by atoms with Gasteiger partial charge in [0.1, 0.15) is 0 Å². The van der Waals surface area contributed by atoms with Crippen molar-refractivity contribution in [3.63, 3.8) is 0 Å². The third kappa shape index (κ3) is 4.35. The third-order valence-corrected chi connectivity index (χ3v) is 3.12. The molecule has 0 spiro atoms. The summed E-state index contributed by atoms with van der Waals surface area (Å²) in [4.78, 5) is 13.9. The Morgan fingerprint density at radius 1 is 1.44 bits per heavy atom. The minimum Gasteiger partial charge on any atom is -0.339 e. The van der Waals surface area contributed by atoms with Crippen LogP contribution in [0.4, 0.5) is 0 Å². The monoisotopic (exact) mass is 224 g/mol. The topological polar surface area (TPSA) is 32.3 Å². The molecule has 1 aliphatic rings. The Labute approximate surface area is 98.9 Å². The lowest BCUT2D eigenvalue weighted by Gasteiger charge is -2.26. The first-order valence-electron chi connectivity index (χ1n) is 6.26. The van der Waals surface area contributed by atoms with Crippen LogP contribution in [0.1, 0.15) is 33.1 Å². The third-order valence-electron chi connectivity index (χ3n) is 3.12. The second kappa shape index (κ2) is 6.69. The Morgan fingerprint density at radius 3 is 2.56 bits per heavy atom. The first kappa shape index (κ1) is 13.2. The zero-order valence-corrected chi connectivity index (χ0v) is 10.6. The molecule has 3 heteroatoms. The lowest BCUT2D eigenvalue weighted by Crippen LogP contribution is -2.36. The van der Waals surface area contributed by atoms with Crippen LogP contribution in [-0.2, 0) is 4.79 Å². The summed E-state index contributed by atoms with van der Waals surface area (Å²) in [7, 11) is 0. The molecule has 3 nitrogen and oxygen atoms in total. The molecule has 0 bridgehead atoms. The van der Waals surface area contributed by atoms with Crippen molar-refractivity contribution >= 4 is 5.91 Å². The van der Waals surface area contributed by atoms with Crippen molar-refractivity contribution in [2.24, 2.45) is 5.92 Å². The predicted octanol–water partition coefficient (Wildman–Crippen LogP) is 1.80. The van der Waals surface area contributed by atoms with Crippen LogP contribution in [-0.4, -0.2) is 37.0 Å². The quantitative estimate of drug-likeness (QED) is 0.722. The predicted molar refractivity (Wildman–Crippen MR) is 67.3 cm³/mol. The van der Waals surface area contributed by atoms with Crippen molar-refractivity contribution in [3.05, 3.63) is 12.2 Å². The van der Waals surface area contributed by atoms with Gasteiger partial charge in [0.05, 0.1) is 0 Å². The van der Waals surface area contributed by atoms with Crippen LogP contribution in [0, 0.1) is 5.92 Å². The SMILES string of the molecule is C=C(C)CN(CC)C(=O)CC1CCNCC1. The molecule has 1 N–H and O–H groups in total. The summed E-state index contributed by atoms with van der Waals surface area (Å²) in [6.45, 7) is 11.5. The van der Waals surface area contributed by atoms with Crippen LogP contribution in [0.2, 0.25) is 0 Å². The first-order chi connectivity index (χ1) is 7.63. The summed E-state index contributed by atoms with van der Waals surface area (Å²) in [5.41, 5.74) is 1.06. The summed E-state index contributed by atoms with van der Waals surface area (Å²) >= 11 is 0. The first-order valence-corrected chi connectivity index (χ1v) is 6.26. The number of rotatable bonds is 5. The van der Waals surface area contributed by atoms with Crippen molar-refractivity contribution < 1.29 is 4.79 Å². The molecule has 1 fully saturated rings. The van der Waals surface area contributed by atoms with Gasteiger partial charge in [-0.05, 0) is 45.7 Å². The number of nitrogens with zero attached hydrogens (tertiary/aromatic N) is 1. The zero-order valence-electron chi connectivity index (χ0n) is 10.6. The molecule has 0 radical (unpaired) electrons. The molecule has 0 unspecified atom stereocenters. The van der Waals surface area contributed by atoms with Gasteiger partial charge in [-0.2, -0.15) is 0 Å². The summed E-state index contributed by atoms with van der Waals surface area (Å²) in [5.74, 6) is 0.866. The maximum Gasteiger partial charge on any atom is 0.223 e. The van der Waals surface area contributed by atoms with Gasteiger partial charge >= 0.3 is 0 Å². The van der Waals surface area contributed by atoms with E-state index in [0.717, 1.165) is 38.0 Å². The molecule has 1 heterocycles. The van der Waals surface area contributed by atoms with Crippen LogP contribution >= 0.6 is 0 Å². The molecule has 1 saturated heterocycles. The van der Waals surface area contributed by atoms with E-state index in [4.69, 9.17) is 0 Å². The van der Waals surface area contributed by atoms with E-state index in [-0.39, 0.29) is 5.91 Å². The average Bonchev–Trinajstić information content (AvgIpc) is 2.26. The van der Waals surface area contributed by atoms with E-state index in [1.54, 1.807) is 0 Å². The van der Waals surface area contributed by atoms with E-state index in [1.165, 1.54) is 0 Å². The molecule has 0 saturated carbocycles. The highest BCUT2D eigenvalue weighted by Crippen LogP contribution is 2.17. The maximum absolute atomic E-state index is 12.0. The summed E-state index contributed by atoms with van der Waals surface area (Å²) in [6.07, 6.45) is 2.98. The maximum atomic E-state index is 12.0. The second-order valence-corrected chi connectivity index (χ2v) is 4.76. The molecule has 1 amide bonds. The Morgan fingerprint density at radius 2 is 2.06 bits per heavy atom. The molecular weight excluding hydrogens is 200 g/mol. The minimum absolute atomic E-state index is 0.289. The van der Waals surface area contributed by atoms with Gasteiger partial charge < -0.3 is 10.2 Å². The van der Waals surface area contributed by atoms with Gasteiger partial charge in [0.2, 0.25) is 5.91 Å².